The fraction of sp³-hybridized carbons (Fsp3) is 0.462. The Hall–Kier alpha value is -0.960. The molecule has 0 saturated carbocycles. The Bertz CT molecular complexity index is 391. The molecule has 0 fully saturated rings. The molecule has 2 nitrogen and oxygen atoms in total. The predicted octanol–water partition coefficient (Wildman–Crippen LogP) is 3.31. The summed E-state index contributed by atoms with van der Waals surface area (Å²) in [4.78, 5) is 15.2. The van der Waals surface area contributed by atoms with Gasteiger partial charge in [-0.1, -0.05) is 26.0 Å². The average molecular weight is 235 g/mol. The Morgan fingerprint density at radius 3 is 3.00 bits per heavy atom. The molecule has 1 aromatic carbocycles. The van der Waals surface area contributed by atoms with Crippen molar-refractivity contribution in [3.8, 4) is 0 Å². The number of para-hydroxylation sites is 1. The molecule has 1 unspecified atom stereocenters. The molecular weight excluding hydrogens is 218 g/mol. The lowest BCUT2D eigenvalue weighted by atomic mass is 10.2. The standard InChI is InChI=1S/C13H17NOS/c1-3-6-13(15)14-9-10(2)16-12-8-5-4-7-11(12)14/h4-5,7-8,10H,3,6,9H2,1-2H3. The number of anilines is 1. The minimum absolute atomic E-state index is 0.252. The first-order chi connectivity index (χ1) is 7.72. The van der Waals surface area contributed by atoms with Gasteiger partial charge >= 0.3 is 0 Å². The zero-order valence-electron chi connectivity index (χ0n) is 9.77. The highest BCUT2D eigenvalue weighted by Gasteiger charge is 2.25. The van der Waals surface area contributed by atoms with E-state index in [9.17, 15) is 4.79 Å². The summed E-state index contributed by atoms with van der Waals surface area (Å²) in [5.41, 5.74) is 1.09. The summed E-state index contributed by atoms with van der Waals surface area (Å²) in [6, 6.07) is 8.18. The molecule has 0 N–H and O–H groups in total. The number of benzene rings is 1. The van der Waals surface area contributed by atoms with Crippen LogP contribution in [0, 0.1) is 0 Å². The largest absolute Gasteiger partial charge is 0.310 e. The third kappa shape index (κ3) is 2.24. The van der Waals surface area contributed by atoms with E-state index in [1.165, 1.54) is 4.90 Å². The van der Waals surface area contributed by atoms with Crippen LogP contribution in [-0.4, -0.2) is 17.7 Å². The highest BCUT2D eigenvalue weighted by molar-refractivity contribution is 8.00. The second kappa shape index (κ2) is 4.91. The topological polar surface area (TPSA) is 20.3 Å². The summed E-state index contributed by atoms with van der Waals surface area (Å²) in [6.45, 7) is 5.05. The Labute approximate surface area is 101 Å². The summed E-state index contributed by atoms with van der Waals surface area (Å²) in [5, 5.41) is 0.482. The Morgan fingerprint density at radius 1 is 1.50 bits per heavy atom. The molecule has 1 amide bonds. The van der Waals surface area contributed by atoms with Crippen molar-refractivity contribution in [2.45, 2.75) is 36.8 Å². The van der Waals surface area contributed by atoms with Gasteiger partial charge in [0.2, 0.25) is 5.91 Å². The van der Waals surface area contributed by atoms with Crippen molar-refractivity contribution in [1.29, 1.82) is 0 Å². The van der Waals surface area contributed by atoms with Crippen LogP contribution >= 0.6 is 11.8 Å². The van der Waals surface area contributed by atoms with Gasteiger partial charge in [-0.2, -0.15) is 0 Å². The van der Waals surface area contributed by atoms with Gasteiger partial charge in [0.25, 0.3) is 0 Å². The number of rotatable bonds is 2. The van der Waals surface area contributed by atoms with E-state index < -0.39 is 0 Å². The minimum Gasteiger partial charge on any atom is -0.310 e. The maximum Gasteiger partial charge on any atom is 0.227 e. The first-order valence-electron chi connectivity index (χ1n) is 5.78. The predicted molar refractivity (Wildman–Crippen MR) is 69.0 cm³/mol. The molecule has 0 spiro atoms. The molecule has 0 saturated heterocycles. The van der Waals surface area contributed by atoms with Gasteiger partial charge in [-0.15, -0.1) is 11.8 Å². The van der Waals surface area contributed by atoms with Crippen LogP contribution in [-0.2, 0) is 4.79 Å². The summed E-state index contributed by atoms with van der Waals surface area (Å²) in [6.07, 6.45) is 1.56. The van der Waals surface area contributed by atoms with Gasteiger partial charge in [-0.3, -0.25) is 4.79 Å². The van der Waals surface area contributed by atoms with E-state index in [1.807, 2.05) is 41.8 Å². The fourth-order valence-corrected chi connectivity index (χ4v) is 3.09. The number of carbonyl (C=O) groups excluding carboxylic acids is 1. The maximum atomic E-state index is 12.0. The first kappa shape index (κ1) is 11.5. The van der Waals surface area contributed by atoms with Gasteiger partial charge < -0.3 is 4.90 Å². The molecule has 86 valence electrons. The third-order valence-corrected chi connectivity index (χ3v) is 3.84. The van der Waals surface area contributed by atoms with Crippen molar-refractivity contribution in [2.24, 2.45) is 0 Å². The molecule has 2 rings (SSSR count). The number of thioether (sulfide) groups is 1. The second-order valence-electron chi connectivity index (χ2n) is 4.15. The maximum absolute atomic E-state index is 12.0. The first-order valence-corrected chi connectivity index (χ1v) is 6.66. The van der Waals surface area contributed by atoms with Crippen LogP contribution in [0.5, 0.6) is 0 Å². The minimum atomic E-state index is 0.252. The van der Waals surface area contributed by atoms with Crippen molar-refractivity contribution in [3.05, 3.63) is 24.3 Å². The molecular formula is C13H17NOS. The highest BCUT2D eigenvalue weighted by Crippen LogP contribution is 2.38. The van der Waals surface area contributed by atoms with Crippen LogP contribution in [0.1, 0.15) is 26.7 Å². The Balaban J connectivity index is 2.30. The lowest BCUT2D eigenvalue weighted by Crippen LogP contribution is -2.38. The van der Waals surface area contributed by atoms with Gasteiger partial charge in [0.1, 0.15) is 0 Å². The van der Waals surface area contributed by atoms with E-state index in [-0.39, 0.29) is 5.91 Å². The number of hydrogen-bond acceptors (Lipinski definition) is 2. The smallest absolute Gasteiger partial charge is 0.227 e. The fourth-order valence-electron chi connectivity index (χ4n) is 1.97. The lowest BCUT2D eigenvalue weighted by Gasteiger charge is -2.32. The molecule has 1 aromatic rings. The van der Waals surface area contributed by atoms with Gasteiger partial charge in [0, 0.05) is 23.1 Å². The number of fused-ring (bicyclic) bond motifs is 1. The van der Waals surface area contributed by atoms with Crippen molar-refractivity contribution >= 4 is 23.4 Å². The zero-order valence-corrected chi connectivity index (χ0v) is 10.6. The van der Waals surface area contributed by atoms with Crippen LogP contribution in [0.3, 0.4) is 0 Å². The molecule has 1 aliphatic heterocycles. The summed E-state index contributed by atoms with van der Waals surface area (Å²) >= 11 is 1.86. The second-order valence-corrected chi connectivity index (χ2v) is 5.63. The van der Waals surface area contributed by atoms with Gasteiger partial charge in [0.15, 0.2) is 0 Å². The SMILES string of the molecule is CCCC(=O)N1CC(C)Sc2ccccc21. The zero-order chi connectivity index (χ0) is 11.5. The lowest BCUT2D eigenvalue weighted by molar-refractivity contribution is -0.118. The van der Waals surface area contributed by atoms with Crippen molar-refractivity contribution < 1.29 is 4.79 Å². The van der Waals surface area contributed by atoms with E-state index in [4.69, 9.17) is 0 Å². The molecule has 0 radical (unpaired) electrons. The summed E-state index contributed by atoms with van der Waals surface area (Å²) < 4.78 is 0. The van der Waals surface area contributed by atoms with E-state index in [2.05, 4.69) is 13.0 Å². The van der Waals surface area contributed by atoms with E-state index >= 15 is 0 Å². The van der Waals surface area contributed by atoms with Crippen LogP contribution in [0.15, 0.2) is 29.2 Å². The van der Waals surface area contributed by atoms with Crippen LogP contribution in [0.4, 0.5) is 5.69 Å². The Kier molecular flexibility index (Phi) is 3.54. The van der Waals surface area contributed by atoms with Gasteiger partial charge in [0.05, 0.1) is 5.69 Å². The number of hydrogen-bond donors (Lipinski definition) is 0. The number of amides is 1. The molecule has 1 atom stereocenters. The van der Waals surface area contributed by atoms with E-state index in [0.717, 1.165) is 18.7 Å². The van der Waals surface area contributed by atoms with Gasteiger partial charge in [-0.25, -0.2) is 0 Å². The normalized spacial score (nSPS) is 19.4. The summed E-state index contributed by atoms with van der Waals surface area (Å²) in [7, 11) is 0. The van der Waals surface area contributed by atoms with Crippen LogP contribution < -0.4 is 4.90 Å². The molecule has 0 aliphatic carbocycles. The van der Waals surface area contributed by atoms with Crippen LogP contribution in [0.25, 0.3) is 0 Å². The number of carbonyl (C=O) groups is 1. The van der Waals surface area contributed by atoms with Crippen LogP contribution in [0.2, 0.25) is 0 Å². The van der Waals surface area contributed by atoms with Gasteiger partial charge in [-0.05, 0) is 18.6 Å². The number of nitrogens with zero attached hydrogens (tertiary/aromatic N) is 1. The molecule has 1 heterocycles. The third-order valence-electron chi connectivity index (χ3n) is 2.69. The molecule has 0 aromatic heterocycles. The highest BCUT2D eigenvalue weighted by atomic mass is 32.2. The van der Waals surface area contributed by atoms with E-state index in [0.29, 0.717) is 11.7 Å². The van der Waals surface area contributed by atoms with Crippen molar-refractivity contribution in [1.82, 2.24) is 0 Å². The molecule has 1 aliphatic rings. The molecule has 16 heavy (non-hydrogen) atoms. The Morgan fingerprint density at radius 2 is 2.25 bits per heavy atom. The summed E-state index contributed by atoms with van der Waals surface area (Å²) in [5.74, 6) is 0.252. The monoisotopic (exact) mass is 235 g/mol. The van der Waals surface area contributed by atoms with Crippen molar-refractivity contribution in [3.63, 3.8) is 0 Å². The quantitative estimate of drug-likeness (QED) is 0.783. The average Bonchev–Trinajstić information content (AvgIpc) is 2.28. The molecule has 3 heteroatoms. The van der Waals surface area contributed by atoms with E-state index in [1.54, 1.807) is 0 Å². The van der Waals surface area contributed by atoms with Crippen molar-refractivity contribution in [2.75, 3.05) is 11.4 Å². The molecule has 0 bridgehead atoms.